The smallest absolute Gasteiger partial charge is 0.240 e. The molecule has 7 heteroatoms. The van der Waals surface area contributed by atoms with E-state index in [4.69, 9.17) is 5.73 Å². The third-order valence-electron chi connectivity index (χ3n) is 2.11. The SMILES string of the molecule is CCS(=O)CCNS(=O)(=O)c1cccc(N)c1. The number of rotatable bonds is 6. The minimum absolute atomic E-state index is 0.125. The van der Waals surface area contributed by atoms with E-state index in [2.05, 4.69) is 4.72 Å². The van der Waals surface area contributed by atoms with Gasteiger partial charge in [0.15, 0.2) is 0 Å². The van der Waals surface area contributed by atoms with Crippen LogP contribution in [-0.4, -0.2) is 30.7 Å². The molecule has 96 valence electrons. The Morgan fingerprint density at radius 3 is 2.71 bits per heavy atom. The summed E-state index contributed by atoms with van der Waals surface area (Å²) in [6, 6.07) is 6.05. The summed E-state index contributed by atoms with van der Waals surface area (Å²) in [4.78, 5) is 0.125. The maximum Gasteiger partial charge on any atom is 0.240 e. The van der Waals surface area contributed by atoms with E-state index in [1.165, 1.54) is 12.1 Å². The molecule has 0 bridgehead atoms. The molecule has 1 aromatic carbocycles. The molecule has 0 aliphatic rings. The highest BCUT2D eigenvalue weighted by Crippen LogP contribution is 2.12. The summed E-state index contributed by atoms with van der Waals surface area (Å²) < 4.78 is 37.1. The molecule has 0 saturated heterocycles. The highest BCUT2D eigenvalue weighted by atomic mass is 32.2. The van der Waals surface area contributed by atoms with Crippen LogP contribution >= 0.6 is 0 Å². The number of nitrogens with one attached hydrogen (secondary N) is 1. The third kappa shape index (κ3) is 4.45. The quantitative estimate of drug-likeness (QED) is 0.732. The molecular weight excluding hydrogens is 260 g/mol. The van der Waals surface area contributed by atoms with Crippen molar-refractivity contribution in [3.63, 3.8) is 0 Å². The standard InChI is InChI=1S/C10H16N2O3S2/c1-2-16(13)7-6-12-17(14,15)10-5-3-4-9(11)8-10/h3-5,8,12H,2,6-7,11H2,1H3. The first kappa shape index (κ1) is 14.1. The minimum atomic E-state index is -3.55. The average Bonchev–Trinajstić information content (AvgIpc) is 2.28. The molecule has 1 aromatic rings. The lowest BCUT2D eigenvalue weighted by Crippen LogP contribution is -2.28. The molecule has 0 aliphatic heterocycles. The van der Waals surface area contributed by atoms with E-state index in [0.29, 0.717) is 17.2 Å². The Labute approximate surface area is 104 Å². The minimum Gasteiger partial charge on any atom is -0.399 e. The van der Waals surface area contributed by atoms with Crippen molar-refractivity contribution in [1.82, 2.24) is 4.72 Å². The second kappa shape index (κ2) is 6.13. The number of hydrogen-bond acceptors (Lipinski definition) is 4. The highest BCUT2D eigenvalue weighted by molar-refractivity contribution is 7.89. The Bertz CT molecular complexity index is 500. The molecule has 17 heavy (non-hydrogen) atoms. The van der Waals surface area contributed by atoms with Crippen LogP contribution in [0.15, 0.2) is 29.2 Å². The number of sulfonamides is 1. The maximum absolute atomic E-state index is 11.8. The van der Waals surface area contributed by atoms with Gasteiger partial charge in [0, 0.05) is 34.5 Å². The van der Waals surface area contributed by atoms with Gasteiger partial charge in [-0.3, -0.25) is 4.21 Å². The van der Waals surface area contributed by atoms with Gasteiger partial charge in [-0.05, 0) is 18.2 Å². The van der Waals surface area contributed by atoms with Crippen molar-refractivity contribution in [3.05, 3.63) is 24.3 Å². The van der Waals surface area contributed by atoms with Gasteiger partial charge < -0.3 is 5.73 Å². The van der Waals surface area contributed by atoms with Crippen molar-refractivity contribution < 1.29 is 12.6 Å². The Hall–Kier alpha value is -0.920. The van der Waals surface area contributed by atoms with Gasteiger partial charge in [-0.2, -0.15) is 0 Å². The van der Waals surface area contributed by atoms with E-state index >= 15 is 0 Å². The van der Waals surface area contributed by atoms with Crippen LogP contribution in [0.1, 0.15) is 6.92 Å². The molecule has 0 amide bonds. The normalized spacial score (nSPS) is 13.5. The zero-order valence-corrected chi connectivity index (χ0v) is 11.2. The molecule has 1 unspecified atom stereocenters. The molecule has 5 nitrogen and oxygen atoms in total. The monoisotopic (exact) mass is 276 g/mol. The maximum atomic E-state index is 11.8. The predicted octanol–water partition coefficient (Wildman–Crippen LogP) is 0.316. The van der Waals surface area contributed by atoms with Crippen LogP contribution < -0.4 is 10.5 Å². The van der Waals surface area contributed by atoms with Crippen LogP contribution in [0.4, 0.5) is 5.69 Å². The first-order valence-electron chi connectivity index (χ1n) is 5.16. The summed E-state index contributed by atoms with van der Waals surface area (Å²) in [6.45, 7) is 1.96. The number of nitrogens with two attached hydrogens (primary N) is 1. The molecule has 0 spiro atoms. The van der Waals surface area contributed by atoms with Gasteiger partial charge in [-0.15, -0.1) is 0 Å². The van der Waals surface area contributed by atoms with E-state index in [9.17, 15) is 12.6 Å². The van der Waals surface area contributed by atoms with Crippen LogP contribution in [0.3, 0.4) is 0 Å². The molecule has 0 aromatic heterocycles. The van der Waals surface area contributed by atoms with E-state index in [-0.39, 0.29) is 11.4 Å². The second-order valence-electron chi connectivity index (χ2n) is 3.40. The molecule has 0 radical (unpaired) electrons. The Balaban J connectivity index is 2.66. The summed E-state index contributed by atoms with van der Waals surface area (Å²) >= 11 is 0. The van der Waals surface area contributed by atoms with Crippen molar-refractivity contribution >= 4 is 26.5 Å². The molecule has 1 atom stereocenters. The van der Waals surface area contributed by atoms with Crippen molar-refractivity contribution in [2.45, 2.75) is 11.8 Å². The lowest BCUT2D eigenvalue weighted by Gasteiger charge is -2.06. The number of benzene rings is 1. The zero-order chi connectivity index (χ0) is 12.9. The molecular formula is C10H16N2O3S2. The second-order valence-corrected chi connectivity index (χ2v) is 7.04. The predicted molar refractivity (Wildman–Crippen MR) is 69.6 cm³/mol. The van der Waals surface area contributed by atoms with Crippen molar-refractivity contribution in [2.75, 3.05) is 23.8 Å². The van der Waals surface area contributed by atoms with Gasteiger partial charge in [0.2, 0.25) is 10.0 Å². The summed E-state index contributed by atoms with van der Waals surface area (Å²) in [5.74, 6) is 0.845. The number of nitrogen functional groups attached to an aromatic ring is 1. The van der Waals surface area contributed by atoms with Gasteiger partial charge in [-0.25, -0.2) is 13.1 Å². The van der Waals surface area contributed by atoms with Gasteiger partial charge in [-0.1, -0.05) is 13.0 Å². The van der Waals surface area contributed by atoms with Crippen LogP contribution in [0.5, 0.6) is 0 Å². The molecule has 0 heterocycles. The van der Waals surface area contributed by atoms with Crippen molar-refractivity contribution in [2.24, 2.45) is 0 Å². The van der Waals surface area contributed by atoms with Crippen LogP contribution in [0, 0.1) is 0 Å². The van der Waals surface area contributed by atoms with Gasteiger partial charge in [0.25, 0.3) is 0 Å². The van der Waals surface area contributed by atoms with E-state index < -0.39 is 20.8 Å². The fourth-order valence-electron chi connectivity index (χ4n) is 1.20. The molecule has 0 saturated carbocycles. The third-order valence-corrected chi connectivity index (χ3v) is 4.87. The molecule has 0 aliphatic carbocycles. The Morgan fingerprint density at radius 2 is 2.12 bits per heavy atom. The highest BCUT2D eigenvalue weighted by Gasteiger charge is 2.13. The lowest BCUT2D eigenvalue weighted by molar-refractivity contribution is 0.584. The summed E-state index contributed by atoms with van der Waals surface area (Å²) in [7, 11) is -4.53. The fraction of sp³-hybridized carbons (Fsp3) is 0.400. The molecule has 3 N–H and O–H groups in total. The summed E-state index contributed by atoms with van der Waals surface area (Å²) in [6.07, 6.45) is 0. The topological polar surface area (TPSA) is 89.3 Å². The van der Waals surface area contributed by atoms with Crippen molar-refractivity contribution in [1.29, 1.82) is 0 Å². The van der Waals surface area contributed by atoms with E-state index in [1.54, 1.807) is 19.1 Å². The number of hydrogen-bond donors (Lipinski definition) is 2. The molecule has 1 rings (SSSR count). The van der Waals surface area contributed by atoms with Crippen molar-refractivity contribution in [3.8, 4) is 0 Å². The Morgan fingerprint density at radius 1 is 1.41 bits per heavy atom. The number of anilines is 1. The average molecular weight is 276 g/mol. The lowest BCUT2D eigenvalue weighted by atomic mass is 10.3. The zero-order valence-electron chi connectivity index (χ0n) is 9.55. The van der Waals surface area contributed by atoms with Crippen LogP contribution in [0.25, 0.3) is 0 Å². The van der Waals surface area contributed by atoms with Gasteiger partial charge >= 0.3 is 0 Å². The fourth-order valence-corrected chi connectivity index (χ4v) is 3.03. The first-order valence-corrected chi connectivity index (χ1v) is 8.13. The largest absolute Gasteiger partial charge is 0.399 e. The molecule has 0 fully saturated rings. The van der Waals surface area contributed by atoms with E-state index in [0.717, 1.165) is 0 Å². The summed E-state index contributed by atoms with van der Waals surface area (Å²) in [5.41, 5.74) is 5.91. The first-order chi connectivity index (χ1) is 7.95. The van der Waals surface area contributed by atoms with Crippen LogP contribution in [0.2, 0.25) is 0 Å². The van der Waals surface area contributed by atoms with E-state index in [1.807, 2.05) is 0 Å². The van der Waals surface area contributed by atoms with Crippen LogP contribution in [-0.2, 0) is 20.8 Å². The van der Waals surface area contributed by atoms with Gasteiger partial charge in [0.1, 0.15) is 0 Å². The Kier molecular flexibility index (Phi) is 5.10. The van der Waals surface area contributed by atoms with Gasteiger partial charge in [0.05, 0.1) is 4.90 Å². The summed E-state index contributed by atoms with van der Waals surface area (Å²) in [5, 5.41) is 0.